The summed E-state index contributed by atoms with van der Waals surface area (Å²) in [6.07, 6.45) is 3.82. The summed E-state index contributed by atoms with van der Waals surface area (Å²) in [4.78, 5) is 2.53. The molecule has 1 heterocycles. The molecular formula is C20H16S. The first-order chi connectivity index (χ1) is 10.3. The van der Waals surface area contributed by atoms with Crippen LogP contribution in [-0.2, 0) is 0 Å². The van der Waals surface area contributed by atoms with Crippen molar-refractivity contribution in [1.29, 1.82) is 0 Å². The van der Waals surface area contributed by atoms with Gasteiger partial charge in [0, 0.05) is 9.75 Å². The zero-order chi connectivity index (χ0) is 14.7. The van der Waals surface area contributed by atoms with Crippen LogP contribution in [0.15, 0.2) is 73.8 Å². The molecule has 0 saturated heterocycles. The molecular weight excluding hydrogens is 272 g/mol. The van der Waals surface area contributed by atoms with E-state index >= 15 is 0 Å². The lowest BCUT2D eigenvalue weighted by molar-refractivity contribution is 1.65. The minimum absolute atomic E-state index is 1.17. The highest BCUT2D eigenvalue weighted by molar-refractivity contribution is 7.18. The first-order valence-corrected chi connectivity index (χ1v) is 7.68. The number of benzene rings is 2. The van der Waals surface area contributed by atoms with E-state index in [1.54, 1.807) is 11.3 Å². The molecule has 2 aromatic carbocycles. The molecule has 0 bridgehead atoms. The van der Waals surface area contributed by atoms with Crippen LogP contribution >= 0.6 is 11.3 Å². The summed E-state index contributed by atoms with van der Waals surface area (Å²) in [5.41, 5.74) is 4.81. The third kappa shape index (κ3) is 2.61. The van der Waals surface area contributed by atoms with E-state index < -0.39 is 0 Å². The summed E-state index contributed by atoms with van der Waals surface area (Å²) in [7, 11) is 0. The molecule has 21 heavy (non-hydrogen) atoms. The molecule has 3 aromatic rings. The Morgan fingerprint density at radius 1 is 0.619 bits per heavy atom. The summed E-state index contributed by atoms with van der Waals surface area (Å²) >= 11 is 1.80. The van der Waals surface area contributed by atoms with E-state index in [9.17, 15) is 0 Å². The maximum Gasteiger partial charge on any atom is 0.0355 e. The molecule has 0 spiro atoms. The predicted molar refractivity (Wildman–Crippen MR) is 95.4 cm³/mol. The van der Waals surface area contributed by atoms with Crippen molar-refractivity contribution in [3.8, 4) is 20.9 Å². The van der Waals surface area contributed by atoms with Crippen LogP contribution in [-0.4, -0.2) is 0 Å². The van der Waals surface area contributed by atoms with E-state index in [0.717, 1.165) is 0 Å². The summed E-state index contributed by atoms with van der Waals surface area (Å²) in [6, 6.07) is 21.1. The Labute approximate surface area is 129 Å². The lowest BCUT2D eigenvalue weighted by Gasteiger charge is -2.04. The van der Waals surface area contributed by atoms with Gasteiger partial charge in [0.25, 0.3) is 0 Å². The van der Waals surface area contributed by atoms with E-state index in [0.29, 0.717) is 0 Å². The Balaban J connectivity index is 2.08. The molecule has 0 aliphatic carbocycles. The average Bonchev–Trinajstić information content (AvgIpc) is 3.04. The topological polar surface area (TPSA) is 0 Å². The summed E-state index contributed by atoms with van der Waals surface area (Å²) in [5, 5.41) is 0. The second-order valence-corrected chi connectivity index (χ2v) is 5.83. The third-order valence-corrected chi connectivity index (χ3v) is 4.65. The molecule has 0 aliphatic heterocycles. The largest absolute Gasteiger partial charge is 0.135 e. The van der Waals surface area contributed by atoms with Gasteiger partial charge in [0.2, 0.25) is 0 Å². The number of thiophene rings is 1. The molecule has 0 amide bonds. The van der Waals surface area contributed by atoms with E-state index in [1.807, 2.05) is 24.3 Å². The zero-order valence-corrected chi connectivity index (χ0v) is 12.6. The Kier molecular flexibility index (Phi) is 3.85. The SMILES string of the molecule is C=Cc1ccccc1-c1ccc(-c2ccccc2C=C)s1. The van der Waals surface area contributed by atoms with E-state index in [2.05, 4.69) is 61.7 Å². The quantitative estimate of drug-likeness (QED) is 0.523. The van der Waals surface area contributed by atoms with Gasteiger partial charge in [-0.3, -0.25) is 0 Å². The van der Waals surface area contributed by atoms with Gasteiger partial charge in [0.15, 0.2) is 0 Å². The molecule has 0 radical (unpaired) electrons. The monoisotopic (exact) mass is 288 g/mol. The minimum atomic E-state index is 1.17. The average molecular weight is 288 g/mol. The van der Waals surface area contributed by atoms with E-state index in [1.165, 1.54) is 32.0 Å². The molecule has 102 valence electrons. The van der Waals surface area contributed by atoms with Crippen molar-refractivity contribution in [3.05, 3.63) is 84.9 Å². The fourth-order valence-corrected chi connectivity index (χ4v) is 3.53. The minimum Gasteiger partial charge on any atom is -0.135 e. The predicted octanol–water partition coefficient (Wildman–Crippen LogP) is 6.37. The zero-order valence-electron chi connectivity index (χ0n) is 11.8. The van der Waals surface area contributed by atoms with Crippen LogP contribution < -0.4 is 0 Å². The summed E-state index contributed by atoms with van der Waals surface area (Å²) in [5.74, 6) is 0. The van der Waals surface area contributed by atoms with Crippen LogP contribution in [0, 0.1) is 0 Å². The molecule has 3 rings (SSSR count). The Morgan fingerprint density at radius 2 is 1.05 bits per heavy atom. The lowest BCUT2D eigenvalue weighted by Crippen LogP contribution is -1.78. The molecule has 0 nitrogen and oxygen atoms in total. The van der Waals surface area contributed by atoms with Crippen LogP contribution in [0.2, 0.25) is 0 Å². The standard InChI is InChI=1S/C20H16S/c1-3-15-9-5-7-11-17(15)19-13-14-20(21-19)18-12-8-6-10-16(18)4-2/h3-14H,1-2H2. The van der Waals surface area contributed by atoms with Crippen molar-refractivity contribution in [2.75, 3.05) is 0 Å². The molecule has 0 fully saturated rings. The third-order valence-electron chi connectivity index (χ3n) is 3.50. The Hall–Kier alpha value is -2.38. The van der Waals surface area contributed by atoms with Gasteiger partial charge >= 0.3 is 0 Å². The van der Waals surface area contributed by atoms with Gasteiger partial charge in [0.1, 0.15) is 0 Å². The molecule has 1 heteroatoms. The number of rotatable bonds is 4. The van der Waals surface area contributed by atoms with Gasteiger partial charge in [-0.15, -0.1) is 11.3 Å². The smallest absolute Gasteiger partial charge is 0.0355 e. The van der Waals surface area contributed by atoms with Crippen LogP contribution in [0.3, 0.4) is 0 Å². The summed E-state index contributed by atoms with van der Waals surface area (Å²) in [6.45, 7) is 7.80. The molecule has 0 N–H and O–H groups in total. The van der Waals surface area contributed by atoms with Crippen LogP contribution in [0.5, 0.6) is 0 Å². The fraction of sp³-hybridized carbons (Fsp3) is 0. The van der Waals surface area contributed by atoms with Gasteiger partial charge in [0.05, 0.1) is 0 Å². The number of hydrogen-bond donors (Lipinski definition) is 0. The molecule has 0 saturated carbocycles. The molecule has 0 aliphatic rings. The Bertz CT molecular complexity index is 727. The maximum absolute atomic E-state index is 3.90. The van der Waals surface area contributed by atoms with Crippen molar-refractivity contribution in [1.82, 2.24) is 0 Å². The van der Waals surface area contributed by atoms with E-state index in [4.69, 9.17) is 0 Å². The van der Waals surface area contributed by atoms with Crippen molar-refractivity contribution in [2.45, 2.75) is 0 Å². The van der Waals surface area contributed by atoms with Crippen molar-refractivity contribution in [2.24, 2.45) is 0 Å². The van der Waals surface area contributed by atoms with Gasteiger partial charge in [-0.25, -0.2) is 0 Å². The van der Waals surface area contributed by atoms with Gasteiger partial charge in [-0.05, 0) is 34.4 Å². The Morgan fingerprint density at radius 3 is 1.48 bits per heavy atom. The van der Waals surface area contributed by atoms with Crippen molar-refractivity contribution >= 4 is 23.5 Å². The first kappa shape index (κ1) is 13.6. The van der Waals surface area contributed by atoms with Crippen molar-refractivity contribution < 1.29 is 0 Å². The highest BCUT2D eigenvalue weighted by Crippen LogP contribution is 2.37. The fourth-order valence-electron chi connectivity index (χ4n) is 2.43. The summed E-state index contributed by atoms with van der Waals surface area (Å²) < 4.78 is 0. The normalized spacial score (nSPS) is 10.3. The van der Waals surface area contributed by atoms with Gasteiger partial charge in [-0.1, -0.05) is 73.8 Å². The highest BCUT2D eigenvalue weighted by Gasteiger charge is 2.09. The maximum atomic E-state index is 3.90. The van der Waals surface area contributed by atoms with Crippen LogP contribution in [0.1, 0.15) is 11.1 Å². The van der Waals surface area contributed by atoms with E-state index in [-0.39, 0.29) is 0 Å². The molecule has 0 atom stereocenters. The van der Waals surface area contributed by atoms with Gasteiger partial charge in [-0.2, -0.15) is 0 Å². The first-order valence-electron chi connectivity index (χ1n) is 6.87. The molecule has 1 aromatic heterocycles. The second-order valence-electron chi connectivity index (χ2n) is 4.75. The molecule has 0 unspecified atom stereocenters. The second kappa shape index (κ2) is 5.94. The van der Waals surface area contributed by atoms with Crippen molar-refractivity contribution in [3.63, 3.8) is 0 Å². The van der Waals surface area contributed by atoms with Gasteiger partial charge < -0.3 is 0 Å². The lowest BCUT2D eigenvalue weighted by atomic mass is 10.1. The van der Waals surface area contributed by atoms with Crippen LogP contribution in [0.4, 0.5) is 0 Å². The van der Waals surface area contributed by atoms with Crippen LogP contribution in [0.25, 0.3) is 33.0 Å². The highest BCUT2D eigenvalue weighted by atomic mass is 32.1. The number of hydrogen-bond acceptors (Lipinski definition) is 1.